The van der Waals surface area contributed by atoms with Gasteiger partial charge >= 0.3 is 17.9 Å². The molecule has 2 aliphatic heterocycles. The van der Waals surface area contributed by atoms with Crippen molar-refractivity contribution in [2.24, 2.45) is 14.1 Å². The first-order valence-electron chi connectivity index (χ1n) is 14.3. The molecule has 4 heterocycles. The molecule has 238 valence electrons. The smallest absolute Gasteiger partial charge is 0.348 e. The zero-order valence-electron chi connectivity index (χ0n) is 27.7. The lowest BCUT2D eigenvalue weighted by atomic mass is 10.1. The fraction of sp³-hybridized carbons (Fsp3) is 0.424. The molecule has 0 aliphatic carbocycles. The van der Waals surface area contributed by atoms with Crippen LogP contribution in [-0.4, -0.2) is 34.6 Å². The van der Waals surface area contributed by atoms with Gasteiger partial charge in [-0.1, -0.05) is 59.8 Å². The van der Waals surface area contributed by atoms with E-state index in [0.29, 0.717) is 0 Å². The molecule has 2 aliphatic rings. The summed E-state index contributed by atoms with van der Waals surface area (Å²) in [6.07, 6.45) is 11.4. The molecular weight excluding hydrogens is 552 g/mol. The Labute approximate surface area is 256 Å². The number of allylic oxidation sites excluding steroid dienone is 2. The van der Waals surface area contributed by atoms with E-state index in [0.717, 1.165) is 12.2 Å². The number of rotatable bonds is 2. The topological polar surface area (TPSA) is 116 Å². The van der Waals surface area contributed by atoms with Crippen LogP contribution < -0.4 is 9.13 Å². The zero-order chi connectivity index (χ0) is 33.6. The molecule has 10 nitrogen and oxygen atoms in total. The Balaban J connectivity index is 0. The number of carbonyl (C=O) groups excluding carboxylic acids is 3. The van der Waals surface area contributed by atoms with Gasteiger partial charge in [-0.25, -0.2) is 23.5 Å². The molecule has 2 aromatic rings. The molecule has 1 N–H and O–H groups in total. The predicted octanol–water partition coefficient (Wildman–Crippen LogP) is 5.49. The number of carbonyl (C=O) groups is 3. The summed E-state index contributed by atoms with van der Waals surface area (Å²) in [5.74, 6) is -5.73. The summed E-state index contributed by atoms with van der Waals surface area (Å²) in [6.45, 7) is 17.8. The third kappa shape index (κ3) is 16.5. The highest BCUT2D eigenvalue weighted by atomic mass is 16.8. The van der Waals surface area contributed by atoms with E-state index in [-0.39, 0.29) is 11.1 Å². The van der Waals surface area contributed by atoms with E-state index < -0.39 is 35.4 Å². The highest BCUT2D eigenvalue weighted by Gasteiger charge is 2.39. The monoisotopic (exact) mass is 602 g/mol. The number of aromatic nitrogens is 2. The molecule has 43 heavy (non-hydrogen) atoms. The quantitative estimate of drug-likeness (QED) is 0.208. The zero-order valence-corrected chi connectivity index (χ0v) is 27.7. The Hall–Kier alpha value is -4.47. The molecule has 10 heteroatoms. The van der Waals surface area contributed by atoms with Crippen molar-refractivity contribution in [1.82, 2.24) is 0 Å². The third-order valence-corrected chi connectivity index (χ3v) is 4.50. The van der Waals surface area contributed by atoms with E-state index >= 15 is 0 Å². The Morgan fingerprint density at radius 2 is 0.953 bits per heavy atom. The fourth-order valence-electron chi connectivity index (χ4n) is 2.82. The van der Waals surface area contributed by atoms with Gasteiger partial charge in [-0.3, -0.25) is 0 Å². The van der Waals surface area contributed by atoms with Crippen molar-refractivity contribution < 1.29 is 47.6 Å². The highest BCUT2D eigenvalue weighted by molar-refractivity contribution is 6.15. The second kappa shape index (κ2) is 21.3. The van der Waals surface area contributed by atoms with E-state index in [1.54, 1.807) is 0 Å². The van der Waals surface area contributed by atoms with E-state index in [2.05, 4.69) is 0 Å². The van der Waals surface area contributed by atoms with Crippen molar-refractivity contribution in [3.8, 4) is 0 Å². The standard InChI is InChI=1S/C15H16O8.2C6H8N.3C2H6/c1-14(2)20-10(16)8(11(17)21-14)6-5-7-9-12(18)22-15(3,4)23-13(9)19;2*1-7-5-3-2-4-6-7;3*1-2/h5-7,16H,1-4H3;2*2-6H,1H3;3*1-2H3/q;2*+1;;;/b6-5+;;;;;. The fourth-order valence-corrected chi connectivity index (χ4v) is 2.82. The van der Waals surface area contributed by atoms with Crippen LogP contribution >= 0.6 is 0 Å². The largest absolute Gasteiger partial charge is 0.480 e. The summed E-state index contributed by atoms with van der Waals surface area (Å²) in [6, 6.07) is 12.0. The van der Waals surface area contributed by atoms with Gasteiger partial charge in [0.05, 0.1) is 0 Å². The Bertz CT molecular complexity index is 1140. The normalized spacial score (nSPS) is 15.6. The van der Waals surface area contributed by atoms with Crippen LogP contribution in [0.2, 0.25) is 0 Å². The molecule has 1 saturated heterocycles. The van der Waals surface area contributed by atoms with Crippen LogP contribution in [0.15, 0.2) is 96.5 Å². The Morgan fingerprint density at radius 1 is 0.605 bits per heavy atom. The minimum atomic E-state index is -1.33. The number of aryl methyl sites for hydroxylation is 2. The van der Waals surface area contributed by atoms with Crippen molar-refractivity contribution in [3.63, 3.8) is 0 Å². The maximum atomic E-state index is 11.7. The highest BCUT2D eigenvalue weighted by Crippen LogP contribution is 2.26. The molecular formula is C33H50N2O8+2. The summed E-state index contributed by atoms with van der Waals surface area (Å²) in [7, 11) is 4.00. The van der Waals surface area contributed by atoms with E-state index in [9.17, 15) is 19.5 Å². The van der Waals surface area contributed by atoms with Crippen LogP contribution in [0.5, 0.6) is 0 Å². The maximum Gasteiger partial charge on any atom is 0.348 e. The minimum absolute atomic E-state index is 0.251. The van der Waals surface area contributed by atoms with Gasteiger partial charge in [0.25, 0.3) is 17.5 Å². The molecule has 4 rings (SSSR count). The summed E-state index contributed by atoms with van der Waals surface area (Å²) < 4.78 is 23.8. The first kappa shape index (κ1) is 40.7. The van der Waals surface area contributed by atoms with E-state index in [4.69, 9.17) is 18.9 Å². The molecule has 0 unspecified atom stereocenters. The van der Waals surface area contributed by atoms with Crippen LogP contribution in [0.1, 0.15) is 69.2 Å². The van der Waals surface area contributed by atoms with Crippen LogP contribution in [0.4, 0.5) is 0 Å². The van der Waals surface area contributed by atoms with Crippen LogP contribution in [0, 0.1) is 0 Å². The Kier molecular flexibility index (Phi) is 20.1. The lowest BCUT2D eigenvalue weighted by Gasteiger charge is -2.30. The number of pyridine rings is 2. The number of hydrogen-bond acceptors (Lipinski definition) is 8. The molecule has 1 fully saturated rings. The average molecular weight is 603 g/mol. The first-order valence-corrected chi connectivity index (χ1v) is 14.3. The van der Waals surface area contributed by atoms with Gasteiger partial charge in [0, 0.05) is 52.0 Å². The number of nitrogens with zero attached hydrogens (tertiary/aromatic N) is 2. The van der Waals surface area contributed by atoms with Crippen molar-refractivity contribution in [1.29, 1.82) is 0 Å². The van der Waals surface area contributed by atoms with Gasteiger partial charge in [-0.15, -0.1) is 0 Å². The predicted molar refractivity (Wildman–Crippen MR) is 164 cm³/mol. The van der Waals surface area contributed by atoms with Crippen molar-refractivity contribution in [2.45, 2.75) is 80.8 Å². The molecule has 0 aromatic carbocycles. The second-order valence-corrected chi connectivity index (χ2v) is 8.81. The Morgan fingerprint density at radius 3 is 1.28 bits per heavy atom. The van der Waals surface area contributed by atoms with Gasteiger partial charge in [-0.05, 0) is 12.2 Å². The van der Waals surface area contributed by atoms with Gasteiger partial charge < -0.3 is 24.1 Å². The van der Waals surface area contributed by atoms with Crippen LogP contribution in [0.25, 0.3) is 0 Å². The van der Waals surface area contributed by atoms with E-state index in [1.807, 2.05) is 126 Å². The van der Waals surface area contributed by atoms with Crippen molar-refractivity contribution in [3.05, 3.63) is 96.5 Å². The summed E-state index contributed by atoms with van der Waals surface area (Å²) >= 11 is 0. The van der Waals surface area contributed by atoms with E-state index in [1.165, 1.54) is 33.8 Å². The molecule has 0 saturated carbocycles. The summed E-state index contributed by atoms with van der Waals surface area (Å²) in [5, 5.41) is 9.69. The number of cyclic esters (lactones) is 3. The van der Waals surface area contributed by atoms with Gasteiger partial charge in [0.1, 0.15) is 25.2 Å². The third-order valence-electron chi connectivity index (χ3n) is 4.50. The number of hydrogen-bond donors (Lipinski definition) is 1. The SMILES string of the molecule is CC.CC.CC.CC1(C)OC(=O)C(=C/C=C/C2=C(O)OC(C)(C)OC2=O)C(=O)O1.C[n+]1ccccc1.C[n+]1ccccc1. The molecule has 0 amide bonds. The van der Waals surface area contributed by atoms with Crippen molar-refractivity contribution >= 4 is 17.9 Å². The molecule has 0 radical (unpaired) electrons. The number of esters is 3. The lowest BCUT2D eigenvalue weighted by molar-refractivity contribution is -0.671. The van der Waals surface area contributed by atoms with Crippen LogP contribution in [0.3, 0.4) is 0 Å². The first-order chi connectivity index (χ1) is 20.3. The summed E-state index contributed by atoms with van der Waals surface area (Å²) in [4.78, 5) is 35.2. The lowest BCUT2D eigenvalue weighted by Crippen LogP contribution is -2.41. The molecule has 2 aromatic heterocycles. The van der Waals surface area contributed by atoms with Crippen LogP contribution in [-0.2, 0) is 47.4 Å². The maximum absolute atomic E-state index is 11.7. The molecule has 0 atom stereocenters. The summed E-state index contributed by atoms with van der Waals surface area (Å²) in [5.41, 5.74) is -0.592. The average Bonchev–Trinajstić information content (AvgIpc) is 2.95. The number of ether oxygens (including phenoxy) is 4. The molecule has 0 bridgehead atoms. The minimum Gasteiger partial charge on any atom is -0.480 e. The van der Waals surface area contributed by atoms with Gasteiger partial charge in [-0.2, -0.15) is 0 Å². The van der Waals surface area contributed by atoms with Gasteiger partial charge in [0.15, 0.2) is 24.8 Å². The second-order valence-electron chi connectivity index (χ2n) is 8.81. The van der Waals surface area contributed by atoms with Gasteiger partial charge in [0.2, 0.25) is 0 Å². The van der Waals surface area contributed by atoms with Crippen molar-refractivity contribution in [2.75, 3.05) is 0 Å². The molecule has 0 spiro atoms. The number of aliphatic hydroxyl groups is 1. The number of aliphatic hydroxyl groups excluding tert-OH is 1.